The third kappa shape index (κ3) is 1.82. The Morgan fingerprint density at radius 2 is 1.70 bits per heavy atom. The Morgan fingerprint density at radius 3 is 2.30 bits per heavy atom. The molecule has 1 aliphatic rings. The summed E-state index contributed by atoms with van der Waals surface area (Å²) in [5.41, 5.74) is 1.36. The van der Waals surface area contributed by atoms with Gasteiger partial charge >= 0.3 is 0 Å². The lowest BCUT2D eigenvalue weighted by Crippen LogP contribution is -2.29. The van der Waals surface area contributed by atoms with Crippen LogP contribution in [0.2, 0.25) is 0 Å². The van der Waals surface area contributed by atoms with Gasteiger partial charge in [0.2, 0.25) is 0 Å². The van der Waals surface area contributed by atoms with Crippen LogP contribution in [0.1, 0.15) is 20.7 Å². The van der Waals surface area contributed by atoms with Crippen molar-refractivity contribution in [3.63, 3.8) is 0 Å². The number of benzene rings is 2. The molecule has 20 heavy (non-hydrogen) atoms. The van der Waals surface area contributed by atoms with Crippen molar-refractivity contribution in [1.82, 2.24) is 0 Å². The normalized spacial score (nSPS) is 13.6. The third-order valence-corrected chi connectivity index (χ3v) is 3.86. The largest absolute Gasteiger partial charge is 0.497 e. The molecule has 0 fully saturated rings. The van der Waals surface area contributed by atoms with E-state index in [0.717, 1.165) is 0 Å². The van der Waals surface area contributed by atoms with Crippen LogP contribution in [0.4, 0.5) is 5.69 Å². The van der Waals surface area contributed by atoms with Crippen LogP contribution >= 0.6 is 15.9 Å². The zero-order valence-corrected chi connectivity index (χ0v) is 12.2. The number of imide groups is 1. The Kier molecular flexibility index (Phi) is 3.06. The van der Waals surface area contributed by atoms with Crippen molar-refractivity contribution in [2.24, 2.45) is 0 Å². The predicted molar refractivity (Wildman–Crippen MR) is 78.3 cm³/mol. The van der Waals surface area contributed by atoms with Crippen LogP contribution in [0.3, 0.4) is 0 Å². The van der Waals surface area contributed by atoms with Crippen LogP contribution in [-0.2, 0) is 0 Å². The van der Waals surface area contributed by atoms with E-state index in [-0.39, 0.29) is 11.8 Å². The summed E-state index contributed by atoms with van der Waals surface area (Å²) in [5, 5.41) is 0. The van der Waals surface area contributed by atoms with Crippen molar-refractivity contribution in [3.8, 4) is 5.75 Å². The highest BCUT2D eigenvalue weighted by molar-refractivity contribution is 9.10. The molecule has 1 aliphatic heterocycles. The van der Waals surface area contributed by atoms with Crippen molar-refractivity contribution in [2.45, 2.75) is 0 Å². The predicted octanol–water partition coefficient (Wildman–Crippen LogP) is 3.26. The van der Waals surface area contributed by atoms with Crippen molar-refractivity contribution >= 4 is 33.4 Å². The number of nitrogens with zero attached hydrogens (tertiary/aromatic N) is 1. The number of carbonyl (C=O) groups is 2. The van der Waals surface area contributed by atoms with Crippen LogP contribution in [0.25, 0.3) is 0 Å². The molecule has 1 heterocycles. The Bertz CT molecular complexity index is 710. The average Bonchev–Trinajstić information content (AvgIpc) is 2.72. The molecule has 0 spiro atoms. The number of rotatable bonds is 2. The molecular formula is C15H10BrNO3. The number of hydrogen-bond acceptors (Lipinski definition) is 3. The number of carbonyl (C=O) groups excluding carboxylic acids is 2. The summed E-state index contributed by atoms with van der Waals surface area (Å²) in [4.78, 5) is 26.0. The molecule has 0 radical (unpaired) electrons. The molecule has 2 amide bonds. The maximum absolute atomic E-state index is 12.4. The van der Waals surface area contributed by atoms with Gasteiger partial charge in [0.25, 0.3) is 11.8 Å². The minimum atomic E-state index is -0.317. The second kappa shape index (κ2) is 4.76. The third-order valence-electron chi connectivity index (χ3n) is 3.19. The molecule has 4 nitrogen and oxygen atoms in total. The van der Waals surface area contributed by atoms with Crippen molar-refractivity contribution in [2.75, 3.05) is 12.0 Å². The van der Waals surface area contributed by atoms with E-state index in [9.17, 15) is 9.59 Å². The fourth-order valence-electron chi connectivity index (χ4n) is 2.21. The van der Waals surface area contributed by atoms with E-state index >= 15 is 0 Å². The SMILES string of the molecule is COc1ccc(N2C(=O)c3cccc(Br)c3C2=O)cc1. The van der Waals surface area contributed by atoms with E-state index in [1.165, 1.54) is 4.90 Å². The van der Waals surface area contributed by atoms with Crippen LogP contribution in [0.5, 0.6) is 5.75 Å². The van der Waals surface area contributed by atoms with Crippen molar-refractivity contribution in [3.05, 3.63) is 58.1 Å². The summed E-state index contributed by atoms with van der Waals surface area (Å²) in [6.45, 7) is 0. The van der Waals surface area contributed by atoms with Gasteiger partial charge < -0.3 is 4.74 Å². The fraction of sp³-hybridized carbons (Fsp3) is 0.0667. The Balaban J connectivity index is 2.07. The van der Waals surface area contributed by atoms with Gasteiger partial charge in [-0.3, -0.25) is 9.59 Å². The van der Waals surface area contributed by atoms with Gasteiger partial charge in [-0.25, -0.2) is 4.90 Å². The summed E-state index contributed by atoms with van der Waals surface area (Å²) in [5.74, 6) is 0.0469. The Morgan fingerprint density at radius 1 is 1.00 bits per heavy atom. The van der Waals surface area contributed by atoms with Crippen LogP contribution < -0.4 is 9.64 Å². The molecule has 0 N–H and O–H groups in total. The summed E-state index contributed by atoms with van der Waals surface area (Å²) in [6, 6.07) is 12.0. The number of hydrogen-bond donors (Lipinski definition) is 0. The quantitative estimate of drug-likeness (QED) is 0.793. The second-order valence-electron chi connectivity index (χ2n) is 4.31. The van der Waals surface area contributed by atoms with Gasteiger partial charge in [-0.15, -0.1) is 0 Å². The smallest absolute Gasteiger partial charge is 0.267 e. The van der Waals surface area contributed by atoms with E-state index < -0.39 is 0 Å². The first kappa shape index (κ1) is 12.9. The Hall–Kier alpha value is -2.14. The molecule has 3 rings (SSSR count). The second-order valence-corrected chi connectivity index (χ2v) is 5.16. The number of ether oxygens (including phenoxy) is 1. The molecule has 0 saturated heterocycles. The molecule has 100 valence electrons. The summed E-state index contributed by atoms with van der Waals surface area (Å²) < 4.78 is 5.70. The zero-order valence-electron chi connectivity index (χ0n) is 10.6. The minimum Gasteiger partial charge on any atom is -0.497 e. The molecule has 0 unspecified atom stereocenters. The van der Waals surface area contributed by atoms with Gasteiger partial charge in [0.05, 0.1) is 23.9 Å². The fourth-order valence-corrected chi connectivity index (χ4v) is 2.75. The molecule has 0 saturated carbocycles. The number of amides is 2. The summed E-state index contributed by atoms with van der Waals surface area (Å²) >= 11 is 3.32. The van der Waals surface area contributed by atoms with Crippen LogP contribution in [-0.4, -0.2) is 18.9 Å². The highest BCUT2D eigenvalue weighted by atomic mass is 79.9. The van der Waals surface area contributed by atoms with Crippen molar-refractivity contribution < 1.29 is 14.3 Å². The van der Waals surface area contributed by atoms with E-state index in [4.69, 9.17) is 4.74 Å². The van der Waals surface area contributed by atoms with Gasteiger partial charge in [-0.1, -0.05) is 6.07 Å². The minimum absolute atomic E-state index is 0.309. The monoisotopic (exact) mass is 331 g/mol. The lowest BCUT2D eigenvalue weighted by molar-refractivity contribution is 0.0926. The number of methoxy groups -OCH3 is 1. The molecular weight excluding hydrogens is 322 g/mol. The first-order valence-electron chi connectivity index (χ1n) is 5.95. The molecule has 0 aromatic heterocycles. The van der Waals surface area contributed by atoms with Gasteiger partial charge in [0.15, 0.2) is 0 Å². The lowest BCUT2D eigenvalue weighted by Gasteiger charge is -2.14. The standard InChI is InChI=1S/C15H10BrNO3/c1-20-10-7-5-9(6-8-10)17-14(18)11-3-2-4-12(16)13(11)15(17)19/h2-8H,1H3. The number of fused-ring (bicyclic) bond motifs is 1. The van der Waals surface area contributed by atoms with E-state index in [1.807, 2.05) is 0 Å². The maximum Gasteiger partial charge on any atom is 0.267 e. The van der Waals surface area contributed by atoms with Gasteiger partial charge in [0.1, 0.15) is 5.75 Å². The summed E-state index contributed by atoms with van der Waals surface area (Å²) in [7, 11) is 1.56. The zero-order chi connectivity index (χ0) is 14.3. The first-order valence-corrected chi connectivity index (χ1v) is 6.74. The van der Waals surface area contributed by atoms with Crippen molar-refractivity contribution in [1.29, 1.82) is 0 Å². The van der Waals surface area contributed by atoms with Gasteiger partial charge in [-0.05, 0) is 52.3 Å². The van der Waals surface area contributed by atoms with Crippen LogP contribution in [0, 0.1) is 0 Å². The van der Waals surface area contributed by atoms with E-state index in [0.29, 0.717) is 27.0 Å². The average molecular weight is 332 g/mol. The molecule has 0 atom stereocenters. The van der Waals surface area contributed by atoms with Crippen LogP contribution in [0.15, 0.2) is 46.9 Å². The summed E-state index contributed by atoms with van der Waals surface area (Å²) in [6.07, 6.45) is 0. The lowest BCUT2D eigenvalue weighted by atomic mass is 10.1. The topological polar surface area (TPSA) is 46.6 Å². The highest BCUT2D eigenvalue weighted by Gasteiger charge is 2.37. The van der Waals surface area contributed by atoms with E-state index in [2.05, 4.69) is 15.9 Å². The maximum atomic E-state index is 12.4. The number of halogens is 1. The van der Waals surface area contributed by atoms with Gasteiger partial charge in [0, 0.05) is 4.47 Å². The van der Waals surface area contributed by atoms with E-state index in [1.54, 1.807) is 49.6 Å². The molecule has 2 aromatic carbocycles. The molecule has 0 bridgehead atoms. The highest BCUT2D eigenvalue weighted by Crippen LogP contribution is 2.33. The first-order chi connectivity index (χ1) is 9.63. The number of anilines is 1. The molecule has 5 heteroatoms. The molecule has 0 aliphatic carbocycles. The Labute approximate surface area is 124 Å². The van der Waals surface area contributed by atoms with Gasteiger partial charge in [-0.2, -0.15) is 0 Å². The molecule has 2 aromatic rings.